The third kappa shape index (κ3) is 1.65. The van der Waals surface area contributed by atoms with Crippen LogP contribution in [0.1, 0.15) is 18.4 Å². The average molecular weight is 212 g/mol. The fourth-order valence-corrected chi connectivity index (χ4v) is 1.88. The molecule has 5 heteroatoms. The lowest BCUT2D eigenvalue weighted by Gasteiger charge is -2.08. The molecule has 0 aromatic carbocycles. The molecule has 2 rings (SSSR count). The second-order valence-electron chi connectivity index (χ2n) is 3.81. The zero-order chi connectivity index (χ0) is 10.4. The highest BCUT2D eigenvalue weighted by atomic mass is 32.2. The molecule has 2 N–H and O–H groups in total. The van der Waals surface area contributed by atoms with E-state index in [1.54, 1.807) is 12.3 Å². The predicted molar refractivity (Wildman–Crippen MR) is 52.4 cm³/mol. The van der Waals surface area contributed by atoms with E-state index in [-0.39, 0.29) is 10.6 Å². The lowest BCUT2D eigenvalue weighted by molar-refractivity contribution is 0.597. The van der Waals surface area contributed by atoms with Gasteiger partial charge in [-0.25, -0.2) is 13.4 Å². The van der Waals surface area contributed by atoms with Gasteiger partial charge in [0.05, 0.1) is 0 Å². The van der Waals surface area contributed by atoms with Crippen LogP contribution >= 0.6 is 0 Å². The number of aromatic nitrogens is 1. The average Bonchev–Trinajstić information content (AvgIpc) is 2.84. The molecule has 4 nitrogen and oxygen atoms in total. The largest absolute Gasteiger partial charge is 0.321 e. The van der Waals surface area contributed by atoms with Crippen LogP contribution in [0.5, 0.6) is 0 Å². The molecule has 1 heterocycles. The van der Waals surface area contributed by atoms with Crippen LogP contribution in [0.4, 0.5) is 0 Å². The zero-order valence-electron chi connectivity index (χ0n) is 7.90. The number of sulfone groups is 1. The molecule has 1 fully saturated rings. The fourth-order valence-electron chi connectivity index (χ4n) is 1.32. The molecule has 1 aromatic rings. The van der Waals surface area contributed by atoms with Gasteiger partial charge in [0.2, 0.25) is 0 Å². The van der Waals surface area contributed by atoms with E-state index in [0.717, 1.165) is 24.7 Å². The summed E-state index contributed by atoms with van der Waals surface area (Å²) in [5.41, 5.74) is 6.61. The minimum atomic E-state index is -3.20. The van der Waals surface area contributed by atoms with Crippen molar-refractivity contribution in [3.05, 3.63) is 23.9 Å². The van der Waals surface area contributed by atoms with Crippen molar-refractivity contribution < 1.29 is 8.42 Å². The molecule has 0 saturated heterocycles. The van der Waals surface area contributed by atoms with Crippen LogP contribution in [-0.2, 0) is 15.4 Å². The molecule has 0 unspecified atom stereocenters. The van der Waals surface area contributed by atoms with Crippen LogP contribution in [0.2, 0.25) is 0 Å². The topological polar surface area (TPSA) is 73.0 Å². The Morgan fingerprint density at radius 3 is 2.43 bits per heavy atom. The first-order valence-electron chi connectivity index (χ1n) is 4.37. The summed E-state index contributed by atoms with van der Waals surface area (Å²) >= 11 is 0. The Morgan fingerprint density at radius 2 is 2.07 bits per heavy atom. The molecule has 0 atom stereocenters. The van der Waals surface area contributed by atoms with E-state index in [9.17, 15) is 8.42 Å². The standard InChI is InChI=1S/C9H12N2O2S/c1-14(12,13)8-3-2-7(6-11-8)9(10)4-5-9/h2-3,6H,4-5,10H2,1H3. The third-order valence-electron chi connectivity index (χ3n) is 2.48. The van der Waals surface area contributed by atoms with E-state index in [1.807, 2.05) is 0 Å². The van der Waals surface area contributed by atoms with E-state index in [4.69, 9.17) is 5.73 Å². The molecule has 1 aliphatic carbocycles. The van der Waals surface area contributed by atoms with Crippen LogP contribution in [0.25, 0.3) is 0 Å². The molecule has 0 radical (unpaired) electrons. The summed E-state index contributed by atoms with van der Waals surface area (Å²) in [7, 11) is -3.20. The van der Waals surface area contributed by atoms with Crippen LogP contribution in [-0.4, -0.2) is 19.7 Å². The first-order chi connectivity index (χ1) is 6.42. The Hall–Kier alpha value is -0.940. The van der Waals surface area contributed by atoms with Crippen LogP contribution in [0.15, 0.2) is 23.4 Å². The Labute approximate surface area is 83.1 Å². The van der Waals surface area contributed by atoms with Gasteiger partial charge in [-0.15, -0.1) is 0 Å². The lowest BCUT2D eigenvalue weighted by Crippen LogP contribution is -2.19. The number of nitrogens with zero attached hydrogens (tertiary/aromatic N) is 1. The monoisotopic (exact) mass is 212 g/mol. The van der Waals surface area contributed by atoms with Crippen molar-refractivity contribution in [1.82, 2.24) is 4.98 Å². The maximum Gasteiger partial charge on any atom is 0.192 e. The second-order valence-corrected chi connectivity index (χ2v) is 5.78. The van der Waals surface area contributed by atoms with E-state index in [1.165, 1.54) is 6.07 Å². The van der Waals surface area contributed by atoms with E-state index in [0.29, 0.717) is 0 Å². The highest BCUT2D eigenvalue weighted by Crippen LogP contribution is 2.42. The summed E-state index contributed by atoms with van der Waals surface area (Å²) < 4.78 is 22.2. The van der Waals surface area contributed by atoms with Crippen molar-refractivity contribution in [1.29, 1.82) is 0 Å². The molecule has 1 aromatic heterocycles. The van der Waals surface area contributed by atoms with Crippen molar-refractivity contribution in [3.63, 3.8) is 0 Å². The molecular weight excluding hydrogens is 200 g/mol. The van der Waals surface area contributed by atoms with Gasteiger partial charge in [-0.2, -0.15) is 0 Å². The van der Waals surface area contributed by atoms with E-state index < -0.39 is 9.84 Å². The molecule has 14 heavy (non-hydrogen) atoms. The van der Waals surface area contributed by atoms with Crippen molar-refractivity contribution >= 4 is 9.84 Å². The number of rotatable bonds is 2. The van der Waals surface area contributed by atoms with Crippen molar-refractivity contribution in [3.8, 4) is 0 Å². The smallest absolute Gasteiger partial charge is 0.192 e. The van der Waals surface area contributed by atoms with Crippen molar-refractivity contribution in [2.24, 2.45) is 5.73 Å². The minimum absolute atomic E-state index is 0.102. The molecular formula is C9H12N2O2S. The second kappa shape index (κ2) is 2.77. The summed E-state index contributed by atoms with van der Waals surface area (Å²) in [6, 6.07) is 3.26. The summed E-state index contributed by atoms with van der Waals surface area (Å²) in [6.07, 6.45) is 4.60. The van der Waals surface area contributed by atoms with E-state index >= 15 is 0 Å². The molecule has 1 saturated carbocycles. The first kappa shape index (κ1) is 9.61. The molecule has 76 valence electrons. The van der Waals surface area contributed by atoms with Gasteiger partial charge in [0.15, 0.2) is 14.9 Å². The minimum Gasteiger partial charge on any atom is -0.321 e. The first-order valence-corrected chi connectivity index (χ1v) is 6.26. The zero-order valence-corrected chi connectivity index (χ0v) is 8.71. The van der Waals surface area contributed by atoms with Crippen LogP contribution < -0.4 is 5.73 Å². The van der Waals surface area contributed by atoms with E-state index in [2.05, 4.69) is 4.98 Å². The molecule has 0 amide bonds. The number of pyridine rings is 1. The van der Waals surface area contributed by atoms with Crippen molar-refractivity contribution in [2.45, 2.75) is 23.4 Å². The highest BCUT2D eigenvalue weighted by molar-refractivity contribution is 7.90. The Kier molecular flexibility index (Phi) is 1.90. The van der Waals surface area contributed by atoms with Crippen molar-refractivity contribution in [2.75, 3.05) is 6.26 Å². The molecule has 0 spiro atoms. The predicted octanol–water partition coefficient (Wildman–Crippen LogP) is 0.433. The van der Waals surface area contributed by atoms with Gasteiger partial charge in [0, 0.05) is 18.0 Å². The van der Waals surface area contributed by atoms with Gasteiger partial charge in [-0.1, -0.05) is 6.07 Å². The molecule has 1 aliphatic rings. The molecule has 0 bridgehead atoms. The summed E-state index contributed by atoms with van der Waals surface area (Å²) in [6.45, 7) is 0. The van der Waals surface area contributed by atoms with Gasteiger partial charge in [-0.05, 0) is 24.5 Å². The number of hydrogen-bond acceptors (Lipinski definition) is 4. The van der Waals surface area contributed by atoms with Gasteiger partial charge in [0.25, 0.3) is 0 Å². The Morgan fingerprint density at radius 1 is 1.43 bits per heavy atom. The summed E-state index contributed by atoms with van der Waals surface area (Å²) in [5.74, 6) is 0. The fraction of sp³-hybridized carbons (Fsp3) is 0.444. The highest BCUT2D eigenvalue weighted by Gasteiger charge is 2.40. The van der Waals surface area contributed by atoms with Gasteiger partial charge in [-0.3, -0.25) is 0 Å². The van der Waals surface area contributed by atoms with Crippen LogP contribution in [0, 0.1) is 0 Å². The summed E-state index contributed by atoms with van der Waals surface area (Å²) in [5, 5.41) is 0.102. The maximum atomic E-state index is 11.1. The van der Waals surface area contributed by atoms with Gasteiger partial charge >= 0.3 is 0 Å². The SMILES string of the molecule is CS(=O)(=O)c1ccc(C2(N)CC2)cn1. The summed E-state index contributed by atoms with van der Waals surface area (Å²) in [4.78, 5) is 3.89. The van der Waals surface area contributed by atoms with Crippen LogP contribution in [0.3, 0.4) is 0 Å². The number of hydrogen-bond donors (Lipinski definition) is 1. The number of nitrogens with two attached hydrogens (primary N) is 1. The normalized spacial score (nSPS) is 19.3. The Bertz CT molecular complexity index is 446. The van der Waals surface area contributed by atoms with Gasteiger partial charge < -0.3 is 5.73 Å². The molecule has 0 aliphatic heterocycles. The Balaban J connectivity index is 2.36. The maximum absolute atomic E-state index is 11.1. The van der Waals surface area contributed by atoms with Gasteiger partial charge in [0.1, 0.15) is 0 Å². The lowest BCUT2D eigenvalue weighted by atomic mass is 10.1. The quantitative estimate of drug-likeness (QED) is 0.771. The third-order valence-corrected chi connectivity index (χ3v) is 3.48.